The second kappa shape index (κ2) is 9.61. The summed E-state index contributed by atoms with van der Waals surface area (Å²) in [6.45, 7) is 34.3. The maximum absolute atomic E-state index is 3.92. The van der Waals surface area contributed by atoms with Crippen molar-refractivity contribution in [3.05, 3.63) is 68.8 Å². The Hall–Kier alpha value is -1.60. The molecule has 2 aromatic carbocycles. The van der Waals surface area contributed by atoms with E-state index in [0.717, 1.165) is 6.54 Å². The van der Waals surface area contributed by atoms with Crippen LogP contribution in [0.25, 0.3) is 0 Å². The normalized spacial score (nSPS) is 17.8. The fourth-order valence-corrected chi connectivity index (χ4v) is 6.60. The van der Waals surface area contributed by atoms with Crippen LogP contribution in [0.15, 0.2) is 24.3 Å². The van der Waals surface area contributed by atoms with Gasteiger partial charge in [0.1, 0.15) is 0 Å². The molecule has 0 bridgehead atoms. The second-order valence-corrected chi connectivity index (χ2v) is 15.7. The standard InChI is InChI=1S/C35H55N/c1-22-26(32(3,4)5)18-24(19-27(22)33(6,7)8)31(30-16-15-17-36-30)25-20-28(34(9,10)11)23(2)29(21-25)35(12,13)14/h18-21,30-31,36H,15-17H2,1-14H3/t30-/m0/s1. The van der Waals surface area contributed by atoms with Crippen LogP contribution in [0.2, 0.25) is 0 Å². The molecule has 0 aromatic heterocycles. The van der Waals surface area contributed by atoms with Crippen LogP contribution in [-0.2, 0) is 21.7 Å². The summed E-state index contributed by atoms with van der Waals surface area (Å²) in [6, 6.07) is 10.7. The van der Waals surface area contributed by atoms with E-state index >= 15 is 0 Å². The second-order valence-electron chi connectivity index (χ2n) is 15.7. The van der Waals surface area contributed by atoms with Gasteiger partial charge in [-0.25, -0.2) is 0 Å². The highest BCUT2D eigenvalue weighted by atomic mass is 14.9. The minimum Gasteiger partial charge on any atom is -0.313 e. The molecule has 0 unspecified atom stereocenters. The molecule has 1 N–H and O–H groups in total. The molecule has 0 spiro atoms. The third-order valence-corrected chi connectivity index (χ3v) is 8.31. The van der Waals surface area contributed by atoms with Crippen molar-refractivity contribution in [1.29, 1.82) is 0 Å². The Balaban J connectivity index is 2.41. The topological polar surface area (TPSA) is 12.0 Å². The number of benzene rings is 2. The average Bonchev–Trinajstić information content (AvgIpc) is 3.20. The van der Waals surface area contributed by atoms with E-state index in [-0.39, 0.29) is 21.7 Å². The molecular weight excluding hydrogens is 434 g/mol. The monoisotopic (exact) mass is 489 g/mol. The summed E-state index contributed by atoms with van der Waals surface area (Å²) in [6.07, 6.45) is 2.49. The van der Waals surface area contributed by atoms with Crippen LogP contribution in [-0.4, -0.2) is 12.6 Å². The van der Waals surface area contributed by atoms with Gasteiger partial charge in [0.05, 0.1) is 0 Å². The Morgan fingerprint density at radius 3 is 1.11 bits per heavy atom. The molecule has 1 heterocycles. The summed E-state index contributed by atoms with van der Waals surface area (Å²) < 4.78 is 0. The van der Waals surface area contributed by atoms with Crippen LogP contribution in [0.4, 0.5) is 0 Å². The zero-order chi connectivity index (χ0) is 27.4. The predicted molar refractivity (Wildman–Crippen MR) is 160 cm³/mol. The van der Waals surface area contributed by atoms with Crippen molar-refractivity contribution >= 4 is 0 Å². The lowest BCUT2D eigenvalue weighted by molar-refractivity contribution is 0.520. The lowest BCUT2D eigenvalue weighted by atomic mass is 9.70. The van der Waals surface area contributed by atoms with Crippen molar-refractivity contribution in [3.8, 4) is 0 Å². The molecular formula is C35H55N. The van der Waals surface area contributed by atoms with Crippen LogP contribution in [0.1, 0.15) is 146 Å². The van der Waals surface area contributed by atoms with Gasteiger partial charge < -0.3 is 5.32 Å². The molecule has 0 aliphatic carbocycles. The molecule has 0 radical (unpaired) electrons. The van der Waals surface area contributed by atoms with Crippen molar-refractivity contribution in [2.45, 2.75) is 143 Å². The van der Waals surface area contributed by atoms with Gasteiger partial charge in [0.15, 0.2) is 0 Å². The molecule has 0 amide bonds. The molecule has 1 heteroatoms. The van der Waals surface area contributed by atoms with Gasteiger partial charge in [-0.2, -0.15) is 0 Å². The van der Waals surface area contributed by atoms with Crippen LogP contribution in [0.3, 0.4) is 0 Å². The molecule has 1 atom stereocenters. The fraction of sp³-hybridized carbons (Fsp3) is 0.657. The van der Waals surface area contributed by atoms with E-state index in [1.54, 1.807) is 0 Å². The van der Waals surface area contributed by atoms with Crippen molar-refractivity contribution in [3.63, 3.8) is 0 Å². The van der Waals surface area contributed by atoms with Gasteiger partial charge in [-0.3, -0.25) is 0 Å². The van der Waals surface area contributed by atoms with Crippen molar-refractivity contribution in [2.75, 3.05) is 6.54 Å². The van der Waals surface area contributed by atoms with E-state index in [2.05, 4.69) is 127 Å². The summed E-state index contributed by atoms with van der Waals surface area (Å²) >= 11 is 0. The van der Waals surface area contributed by atoms with Crippen molar-refractivity contribution < 1.29 is 0 Å². The van der Waals surface area contributed by atoms with E-state index in [9.17, 15) is 0 Å². The minimum absolute atomic E-state index is 0.105. The Morgan fingerprint density at radius 2 is 0.889 bits per heavy atom. The Labute approximate surface area is 223 Å². The summed E-state index contributed by atoms with van der Waals surface area (Å²) in [5, 5.41) is 3.92. The minimum atomic E-state index is 0.105. The Kier molecular flexibility index (Phi) is 7.73. The number of rotatable bonds is 3. The highest BCUT2D eigenvalue weighted by molar-refractivity contribution is 5.52. The molecule has 3 rings (SSSR count). The first-order valence-electron chi connectivity index (χ1n) is 14.3. The zero-order valence-electron chi connectivity index (χ0n) is 26.1. The maximum atomic E-state index is 3.92. The zero-order valence-corrected chi connectivity index (χ0v) is 26.1. The van der Waals surface area contributed by atoms with E-state index in [1.165, 1.54) is 57.3 Å². The van der Waals surface area contributed by atoms with Gasteiger partial charge in [-0.15, -0.1) is 0 Å². The molecule has 36 heavy (non-hydrogen) atoms. The molecule has 1 nitrogen and oxygen atoms in total. The number of hydrogen-bond donors (Lipinski definition) is 1. The van der Waals surface area contributed by atoms with E-state index < -0.39 is 0 Å². The van der Waals surface area contributed by atoms with Crippen molar-refractivity contribution in [2.24, 2.45) is 0 Å². The first kappa shape index (κ1) is 29.0. The lowest BCUT2D eigenvalue weighted by Gasteiger charge is -2.35. The van der Waals surface area contributed by atoms with Crippen LogP contribution < -0.4 is 5.32 Å². The largest absolute Gasteiger partial charge is 0.313 e. The first-order valence-corrected chi connectivity index (χ1v) is 14.3. The molecule has 1 aliphatic rings. The Bertz CT molecular complexity index is 932. The van der Waals surface area contributed by atoms with Crippen LogP contribution >= 0.6 is 0 Å². The quantitative estimate of drug-likeness (QED) is 0.453. The van der Waals surface area contributed by atoms with Gasteiger partial charge >= 0.3 is 0 Å². The first-order chi connectivity index (χ1) is 16.2. The molecule has 1 fully saturated rings. The van der Waals surface area contributed by atoms with Gasteiger partial charge in [-0.05, 0) is 99.4 Å². The SMILES string of the molecule is Cc1c(C(C)(C)C)cc(C(c2cc(C(C)(C)C)c(C)c(C(C)(C)C)c2)[C@@H]2CCCN2)cc1C(C)(C)C. The summed E-state index contributed by atoms with van der Waals surface area (Å²) in [5.74, 6) is 0.345. The highest BCUT2D eigenvalue weighted by Gasteiger charge is 2.34. The van der Waals surface area contributed by atoms with Gasteiger partial charge in [0, 0.05) is 12.0 Å². The van der Waals surface area contributed by atoms with Gasteiger partial charge in [0.2, 0.25) is 0 Å². The van der Waals surface area contributed by atoms with Crippen molar-refractivity contribution in [1.82, 2.24) is 5.32 Å². The Morgan fingerprint density at radius 1 is 0.583 bits per heavy atom. The van der Waals surface area contributed by atoms with Crippen LogP contribution in [0, 0.1) is 13.8 Å². The smallest absolute Gasteiger partial charge is 0.0243 e. The third kappa shape index (κ3) is 5.93. The third-order valence-electron chi connectivity index (χ3n) is 8.31. The van der Waals surface area contributed by atoms with Gasteiger partial charge in [-0.1, -0.05) is 107 Å². The molecule has 1 saturated heterocycles. The summed E-state index contributed by atoms with van der Waals surface area (Å²) in [4.78, 5) is 0. The van der Waals surface area contributed by atoms with E-state index in [4.69, 9.17) is 0 Å². The summed E-state index contributed by atoms with van der Waals surface area (Å²) in [5.41, 5.74) is 12.3. The average molecular weight is 490 g/mol. The fourth-order valence-electron chi connectivity index (χ4n) is 6.60. The molecule has 0 saturated carbocycles. The lowest BCUT2D eigenvalue weighted by Crippen LogP contribution is -2.32. The highest BCUT2D eigenvalue weighted by Crippen LogP contribution is 2.43. The molecule has 2 aromatic rings. The van der Waals surface area contributed by atoms with E-state index in [0.29, 0.717) is 12.0 Å². The summed E-state index contributed by atoms with van der Waals surface area (Å²) in [7, 11) is 0. The van der Waals surface area contributed by atoms with E-state index in [1.807, 2.05) is 0 Å². The predicted octanol–water partition coefficient (Wildman–Crippen LogP) is 9.38. The molecule has 200 valence electrons. The number of hydrogen-bond acceptors (Lipinski definition) is 1. The maximum Gasteiger partial charge on any atom is 0.0243 e. The van der Waals surface area contributed by atoms with Gasteiger partial charge in [0.25, 0.3) is 0 Å². The van der Waals surface area contributed by atoms with Crippen LogP contribution in [0.5, 0.6) is 0 Å². The molecule has 1 aliphatic heterocycles. The number of nitrogens with one attached hydrogen (secondary N) is 1.